The van der Waals surface area contributed by atoms with Crippen LogP contribution in [-0.4, -0.2) is 19.6 Å². The Morgan fingerprint density at radius 1 is 1.55 bits per heavy atom. The lowest BCUT2D eigenvalue weighted by molar-refractivity contribution is 0.187. The van der Waals surface area contributed by atoms with Crippen molar-refractivity contribution in [1.82, 2.24) is 5.32 Å². The minimum Gasteiger partial charge on any atom is -0.330 e. The van der Waals surface area contributed by atoms with Gasteiger partial charge in [0.25, 0.3) is 0 Å². The monoisotopic (exact) mass is 156 g/mol. The van der Waals surface area contributed by atoms with Gasteiger partial charge in [-0.15, -0.1) is 0 Å². The van der Waals surface area contributed by atoms with E-state index in [1.165, 1.54) is 38.8 Å². The Morgan fingerprint density at radius 3 is 2.82 bits per heavy atom. The molecular formula is C9H20N2. The molecule has 1 fully saturated rings. The summed E-state index contributed by atoms with van der Waals surface area (Å²) in [5.41, 5.74) is 6.13. The molecule has 2 nitrogen and oxygen atoms in total. The molecule has 66 valence electrons. The van der Waals surface area contributed by atoms with Crippen LogP contribution in [0.4, 0.5) is 0 Å². The van der Waals surface area contributed by atoms with Gasteiger partial charge in [0.05, 0.1) is 0 Å². The van der Waals surface area contributed by atoms with Gasteiger partial charge in [0.2, 0.25) is 0 Å². The summed E-state index contributed by atoms with van der Waals surface area (Å²) in [5, 5.41) is 3.46. The van der Waals surface area contributed by atoms with E-state index in [9.17, 15) is 0 Å². The lowest BCUT2D eigenvalue weighted by Gasteiger charge is -2.36. The van der Waals surface area contributed by atoms with Crippen LogP contribution in [0.2, 0.25) is 0 Å². The average Bonchev–Trinajstić information content (AvgIpc) is 2.07. The number of piperidine rings is 1. The van der Waals surface area contributed by atoms with Crippen molar-refractivity contribution in [2.75, 3.05) is 19.6 Å². The Labute approximate surface area is 69.5 Å². The van der Waals surface area contributed by atoms with Gasteiger partial charge in [-0.25, -0.2) is 0 Å². The van der Waals surface area contributed by atoms with Gasteiger partial charge >= 0.3 is 0 Å². The van der Waals surface area contributed by atoms with Crippen molar-refractivity contribution in [2.45, 2.75) is 32.6 Å². The first-order chi connectivity index (χ1) is 5.33. The van der Waals surface area contributed by atoms with E-state index < -0.39 is 0 Å². The fraction of sp³-hybridized carbons (Fsp3) is 1.00. The van der Waals surface area contributed by atoms with E-state index in [1.54, 1.807) is 0 Å². The van der Waals surface area contributed by atoms with Crippen LogP contribution in [0.3, 0.4) is 0 Å². The summed E-state index contributed by atoms with van der Waals surface area (Å²) < 4.78 is 0. The summed E-state index contributed by atoms with van der Waals surface area (Å²) in [6.07, 6.45) is 5.16. The first-order valence-corrected chi connectivity index (χ1v) is 4.74. The van der Waals surface area contributed by atoms with Crippen LogP contribution in [0.25, 0.3) is 0 Å². The summed E-state index contributed by atoms with van der Waals surface area (Å²) in [4.78, 5) is 0. The molecule has 1 saturated heterocycles. The number of nitrogens with one attached hydrogen (secondary N) is 1. The molecule has 0 aromatic heterocycles. The molecule has 11 heavy (non-hydrogen) atoms. The first-order valence-electron chi connectivity index (χ1n) is 4.74. The SMILES string of the molecule is CCC1(CCN)CCCNC1. The third-order valence-corrected chi connectivity index (χ3v) is 2.99. The lowest BCUT2D eigenvalue weighted by atomic mass is 9.76. The van der Waals surface area contributed by atoms with E-state index in [0.29, 0.717) is 5.41 Å². The zero-order chi connectivity index (χ0) is 8.16. The smallest absolute Gasteiger partial charge is 0.000819 e. The molecule has 1 aliphatic heterocycles. The summed E-state index contributed by atoms with van der Waals surface area (Å²) >= 11 is 0. The predicted molar refractivity (Wildman–Crippen MR) is 48.5 cm³/mol. The van der Waals surface area contributed by atoms with Gasteiger partial charge in [0.1, 0.15) is 0 Å². The molecule has 0 aromatic rings. The van der Waals surface area contributed by atoms with Crippen molar-refractivity contribution in [3.63, 3.8) is 0 Å². The highest BCUT2D eigenvalue weighted by molar-refractivity contribution is 4.84. The van der Waals surface area contributed by atoms with Gasteiger partial charge in [0.15, 0.2) is 0 Å². The second-order valence-electron chi connectivity index (χ2n) is 3.67. The predicted octanol–water partition coefficient (Wildman–Crippen LogP) is 1.12. The minimum absolute atomic E-state index is 0.535. The Bertz CT molecular complexity index is 101. The molecule has 0 radical (unpaired) electrons. The molecule has 0 aliphatic carbocycles. The van der Waals surface area contributed by atoms with Crippen LogP contribution in [-0.2, 0) is 0 Å². The van der Waals surface area contributed by atoms with Crippen LogP contribution in [0.1, 0.15) is 32.6 Å². The standard InChI is InChI=1S/C9H20N2/c1-2-9(5-6-10)4-3-7-11-8-9/h11H,2-8,10H2,1H3. The Balaban J connectivity index is 2.42. The Hall–Kier alpha value is -0.0800. The number of hydrogen-bond acceptors (Lipinski definition) is 2. The first kappa shape index (κ1) is 9.01. The van der Waals surface area contributed by atoms with E-state index >= 15 is 0 Å². The van der Waals surface area contributed by atoms with Gasteiger partial charge in [-0.2, -0.15) is 0 Å². The van der Waals surface area contributed by atoms with Crippen LogP contribution in [0, 0.1) is 5.41 Å². The van der Waals surface area contributed by atoms with Crippen molar-refractivity contribution in [3.8, 4) is 0 Å². The Kier molecular flexibility index (Phi) is 3.34. The second kappa shape index (κ2) is 4.07. The fourth-order valence-corrected chi connectivity index (χ4v) is 2.03. The number of hydrogen-bond donors (Lipinski definition) is 2. The van der Waals surface area contributed by atoms with Gasteiger partial charge in [-0.3, -0.25) is 0 Å². The molecule has 1 heterocycles. The minimum atomic E-state index is 0.535. The second-order valence-corrected chi connectivity index (χ2v) is 3.67. The van der Waals surface area contributed by atoms with E-state index in [4.69, 9.17) is 5.73 Å². The number of rotatable bonds is 3. The zero-order valence-electron chi connectivity index (χ0n) is 7.53. The highest BCUT2D eigenvalue weighted by Crippen LogP contribution is 2.32. The molecule has 1 rings (SSSR count). The summed E-state index contributed by atoms with van der Waals surface area (Å²) in [6, 6.07) is 0. The molecule has 1 atom stereocenters. The molecule has 0 amide bonds. The van der Waals surface area contributed by atoms with Crippen molar-refractivity contribution < 1.29 is 0 Å². The highest BCUT2D eigenvalue weighted by Gasteiger charge is 2.28. The van der Waals surface area contributed by atoms with E-state index in [2.05, 4.69) is 12.2 Å². The van der Waals surface area contributed by atoms with Crippen LogP contribution >= 0.6 is 0 Å². The Morgan fingerprint density at radius 2 is 2.36 bits per heavy atom. The molecule has 1 unspecified atom stereocenters. The van der Waals surface area contributed by atoms with Gasteiger partial charge < -0.3 is 11.1 Å². The maximum absolute atomic E-state index is 5.59. The van der Waals surface area contributed by atoms with Crippen molar-refractivity contribution in [3.05, 3.63) is 0 Å². The highest BCUT2D eigenvalue weighted by atomic mass is 14.9. The molecule has 0 saturated carbocycles. The topological polar surface area (TPSA) is 38.0 Å². The molecule has 3 N–H and O–H groups in total. The van der Waals surface area contributed by atoms with Crippen molar-refractivity contribution in [1.29, 1.82) is 0 Å². The van der Waals surface area contributed by atoms with E-state index in [-0.39, 0.29) is 0 Å². The fourth-order valence-electron chi connectivity index (χ4n) is 2.03. The average molecular weight is 156 g/mol. The third-order valence-electron chi connectivity index (χ3n) is 2.99. The van der Waals surface area contributed by atoms with E-state index in [0.717, 1.165) is 6.54 Å². The van der Waals surface area contributed by atoms with Crippen LogP contribution in [0.15, 0.2) is 0 Å². The normalized spacial score (nSPS) is 32.2. The quantitative estimate of drug-likeness (QED) is 0.642. The zero-order valence-corrected chi connectivity index (χ0v) is 7.53. The van der Waals surface area contributed by atoms with E-state index in [1.807, 2.05) is 0 Å². The molecule has 2 heteroatoms. The molecule has 1 aliphatic rings. The van der Waals surface area contributed by atoms with Gasteiger partial charge in [0, 0.05) is 6.54 Å². The lowest BCUT2D eigenvalue weighted by Crippen LogP contribution is -2.40. The third kappa shape index (κ3) is 2.17. The summed E-state index contributed by atoms with van der Waals surface area (Å²) in [6.45, 7) is 5.51. The van der Waals surface area contributed by atoms with Gasteiger partial charge in [-0.1, -0.05) is 6.92 Å². The van der Waals surface area contributed by atoms with Crippen LogP contribution < -0.4 is 11.1 Å². The van der Waals surface area contributed by atoms with Crippen LogP contribution in [0.5, 0.6) is 0 Å². The molecule has 0 aromatic carbocycles. The van der Waals surface area contributed by atoms with Crippen molar-refractivity contribution in [2.24, 2.45) is 11.1 Å². The summed E-state index contributed by atoms with van der Waals surface area (Å²) in [7, 11) is 0. The molecule has 0 bridgehead atoms. The number of nitrogens with two attached hydrogens (primary N) is 1. The maximum Gasteiger partial charge on any atom is 0.000819 e. The van der Waals surface area contributed by atoms with Crippen molar-refractivity contribution >= 4 is 0 Å². The maximum atomic E-state index is 5.59. The summed E-state index contributed by atoms with van der Waals surface area (Å²) in [5.74, 6) is 0. The van der Waals surface area contributed by atoms with Gasteiger partial charge in [-0.05, 0) is 44.2 Å². The molecular weight excluding hydrogens is 136 g/mol. The largest absolute Gasteiger partial charge is 0.330 e. The molecule has 0 spiro atoms.